The molecule has 0 saturated heterocycles. The molecule has 2 aromatic heterocycles. The lowest BCUT2D eigenvalue weighted by atomic mass is 9.90. The van der Waals surface area contributed by atoms with Crippen LogP contribution in [0.15, 0.2) is 42.7 Å². The molecule has 0 spiro atoms. The van der Waals surface area contributed by atoms with E-state index in [1.807, 2.05) is 73.9 Å². The summed E-state index contributed by atoms with van der Waals surface area (Å²) in [7, 11) is 1.98. The zero-order chi connectivity index (χ0) is 35.5. The first-order chi connectivity index (χ1) is 24.1. The minimum Gasteiger partial charge on any atom is -0.445 e. The number of amides is 2. The standard InChI is InChI=1S/C38H54ClN7O4/c1-38(2,3)50-36(47)40-21-11-6-5-7-12-22-46(37(48)49-26-28-13-9-8-10-14-28)30-19-17-29(18-20-30)43-35-41-25-32(39)34(44-35)31-24-42-45(4)33(31)23-27-15-16-27/h8-10,13-14,24-25,27,29-30H,5-7,11-12,15-23,26H2,1-4H3,(H,40,47)(H,41,43,44). The van der Waals surface area contributed by atoms with Crippen LogP contribution in [-0.2, 0) is 29.5 Å². The molecule has 2 aliphatic carbocycles. The van der Waals surface area contributed by atoms with Crippen molar-refractivity contribution in [3.05, 3.63) is 59.0 Å². The Labute approximate surface area is 301 Å². The van der Waals surface area contributed by atoms with Gasteiger partial charge in [0.25, 0.3) is 0 Å². The van der Waals surface area contributed by atoms with Crippen LogP contribution >= 0.6 is 11.6 Å². The average molecular weight is 708 g/mol. The number of carbonyl (C=O) groups is 2. The van der Waals surface area contributed by atoms with Gasteiger partial charge in [-0.1, -0.05) is 61.2 Å². The Kier molecular flexibility index (Phi) is 13.4. The first kappa shape index (κ1) is 37.4. The van der Waals surface area contributed by atoms with E-state index in [0.29, 0.717) is 35.7 Å². The molecule has 2 aliphatic rings. The van der Waals surface area contributed by atoms with Crippen molar-refractivity contribution in [2.75, 3.05) is 18.4 Å². The third kappa shape index (κ3) is 11.6. The fraction of sp³-hybridized carbons (Fsp3) is 0.605. The fourth-order valence-corrected chi connectivity index (χ4v) is 6.70. The number of hydrogen-bond acceptors (Lipinski definition) is 8. The number of unbranched alkanes of at least 4 members (excludes halogenated alkanes) is 4. The smallest absolute Gasteiger partial charge is 0.410 e. The van der Waals surface area contributed by atoms with Crippen LogP contribution in [0.5, 0.6) is 0 Å². The molecule has 0 atom stereocenters. The van der Waals surface area contributed by atoms with Crippen molar-refractivity contribution in [1.29, 1.82) is 0 Å². The minimum absolute atomic E-state index is 0.108. The molecule has 1 aromatic carbocycles. The average Bonchev–Trinajstić information content (AvgIpc) is 3.84. The van der Waals surface area contributed by atoms with E-state index in [1.165, 1.54) is 12.8 Å². The number of aromatic nitrogens is 4. The Bertz CT molecular complexity index is 1530. The molecule has 50 heavy (non-hydrogen) atoms. The number of nitrogens with zero attached hydrogens (tertiary/aromatic N) is 5. The van der Waals surface area contributed by atoms with Gasteiger partial charge in [-0.15, -0.1) is 0 Å². The third-order valence-electron chi connectivity index (χ3n) is 9.39. The number of carbonyl (C=O) groups excluding carboxylic acids is 2. The van der Waals surface area contributed by atoms with E-state index in [-0.39, 0.29) is 30.9 Å². The molecule has 2 heterocycles. The lowest BCUT2D eigenvalue weighted by molar-refractivity contribution is 0.0526. The van der Waals surface area contributed by atoms with Crippen LogP contribution in [0.25, 0.3) is 11.3 Å². The van der Waals surface area contributed by atoms with Gasteiger partial charge in [-0.05, 0) is 90.0 Å². The summed E-state index contributed by atoms with van der Waals surface area (Å²) in [6.07, 6.45) is 14.7. The number of ether oxygens (including phenoxy) is 2. The second-order valence-electron chi connectivity index (χ2n) is 14.7. The number of benzene rings is 1. The molecule has 2 N–H and O–H groups in total. The minimum atomic E-state index is -0.497. The van der Waals surface area contributed by atoms with Gasteiger partial charge in [0.05, 0.1) is 23.1 Å². The Morgan fingerprint density at radius 1 is 0.980 bits per heavy atom. The first-order valence-corrected chi connectivity index (χ1v) is 18.7. The largest absolute Gasteiger partial charge is 0.445 e. The van der Waals surface area contributed by atoms with Gasteiger partial charge in [0.1, 0.15) is 12.2 Å². The van der Waals surface area contributed by atoms with Crippen LogP contribution in [0.3, 0.4) is 0 Å². The van der Waals surface area contributed by atoms with E-state index in [2.05, 4.69) is 20.7 Å². The molecule has 272 valence electrons. The van der Waals surface area contributed by atoms with Crippen molar-refractivity contribution >= 4 is 29.7 Å². The predicted octanol–water partition coefficient (Wildman–Crippen LogP) is 8.32. The van der Waals surface area contributed by atoms with Crippen molar-refractivity contribution in [2.24, 2.45) is 13.0 Å². The molecule has 0 unspecified atom stereocenters. The Morgan fingerprint density at radius 2 is 1.70 bits per heavy atom. The van der Waals surface area contributed by atoms with Crippen LogP contribution in [0, 0.1) is 5.92 Å². The highest BCUT2D eigenvalue weighted by Gasteiger charge is 2.31. The molecule has 2 fully saturated rings. The van der Waals surface area contributed by atoms with E-state index >= 15 is 0 Å². The molecule has 2 amide bonds. The molecule has 0 bridgehead atoms. The zero-order valence-electron chi connectivity index (χ0n) is 30.1. The van der Waals surface area contributed by atoms with Crippen molar-refractivity contribution in [3.8, 4) is 11.3 Å². The van der Waals surface area contributed by atoms with Gasteiger partial charge in [0.15, 0.2) is 0 Å². The summed E-state index contributed by atoms with van der Waals surface area (Å²) in [4.78, 5) is 36.6. The van der Waals surface area contributed by atoms with Crippen LogP contribution < -0.4 is 10.6 Å². The number of nitrogens with one attached hydrogen (secondary N) is 2. The van der Waals surface area contributed by atoms with Gasteiger partial charge >= 0.3 is 12.2 Å². The number of halogens is 1. The lowest BCUT2D eigenvalue weighted by Crippen LogP contribution is -2.44. The van der Waals surface area contributed by atoms with Gasteiger partial charge in [-0.3, -0.25) is 4.68 Å². The quantitative estimate of drug-likeness (QED) is 0.143. The molecule has 5 rings (SSSR count). The highest BCUT2D eigenvalue weighted by Crippen LogP contribution is 2.37. The molecule has 11 nitrogen and oxygen atoms in total. The van der Waals surface area contributed by atoms with E-state index in [9.17, 15) is 9.59 Å². The van der Waals surface area contributed by atoms with Crippen LogP contribution in [0.2, 0.25) is 5.02 Å². The molecule has 12 heteroatoms. The molecular formula is C38H54ClN7O4. The Morgan fingerprint density at radius 3 is 2.42 bits per heavy atom. The predicted molar refractivity (Wildman–Crippen MR) is 196 cm³/mol. The summed E-state index contributed by atoms with van der Waals surface area (Å²) in [5.74, 6) is 1.28. The van der Waals surface area contributed by atoms with Crippen molar-refractivity contribution in [1.82, 2.24) is 30.0 Å². The van der Waals surface area contributed by atoms with Gasteiger partial charge in [-0.25, -0.2) is 19.6 Å². The van der Waals surface area contributed by atoms with Crippen molar-refractivity contribution in [3.63, 3.8) is 0 Å². The highest BCUT2D eigenvalue weighted by molar-refractivity contribution is 6.33. The van der Waals surface area contributed by atoms with Crippen LogP contribution in [-0.4, -0.2) is 67.6 Å². The summed E-state index contributed by atoms with van der Waals surface area (Å²) in [6, 6.07) is 10.1. The third-order valence-corrected chi connectivity index (χ3v) is 9.67. The normalized spacial score (nSPS) is 17.6. The topological polar surface area (TPSA) is 124 Å². The second kappa shape index (κ2) is 17.9. The summed E-state index contributed by atoms with van der Waals surface area (Å²) < 4.78 is 13.1. The molecule has 2 saturated carbocycles. The zero-order valence-corrected chi connectivity index (χ0v) is 30.9. The van der Waals surface area contributed by atoms with E-state index < -0.39 is 5.60 Å². The summed E-state index contributed by atoms with van der Waals surface area (Å²) in [6.45, 7) is 7.08. The second-order valence-corrected chi connectivity index (χ2v) is 15.2. The SMILES string of the molecule is Cn1ncc(-c2nc(NC3CCC(N(CCCCCCCNC(=O)OC(C)(C)C)C(=O)OCc4ccccc4)CC3)ncc2Cl)c1CC1CC1. The van der Waals surface area contributed by atoms with E-state index in [1.54, 1.807) is 6.20 Å². The first-order valence-electron chi connectivity index (χ1n) is 18.3. The summed E-state index contributed by atoms with van der Waals surface area (Å²) in [5, 5.41) is 11.4. The van der Waals surface area contributed by atoms with E-state index in [0.717, 1.165) is 81.0 Å². The van der Waals surface area contributed by atoms with Crippen LogP contribution in [0.1, 0.15) is 103 Å². The number of hydrogen-bond donors (Lipinski definition) is 2. The Hall–Kier alpha value is -3.86. The van der Waals surface area contributed by atoms with E-state index in [4.69, 9.17) is 26.1 Å². The molecular weight excluding hydrogens is 654 g/mol. The maximum Gasteiger partial charge on any atom is 0.410 e. The van der Waals surface area contributed by atoms with Gasteiger partial charge < -0.3 is 25.0 Å². The highest BCUT2D eigenvalue weighted by atomic mass is 35.5. The Balaban J connectivity index is 1.11. The number of anilines is 1. The molecule has 0 aliphatic heterocycles. The van der Waals surface area contributed by atoms with Gasteiger partial charge in [-0.2, -0.15) is 5.10 Å². The maximum absolute atomic E-state index is 13.5. The molecule has 3 aromatic rings. The van der Waals surface area contributed by atoms with Crippen molar-refractivity contribution < 1.29 is 19.1 Å². The summed E-state index contributed by atoms with van der Waals surface area (Å²) in [5.41, 5.74) is 3.33. The van der Waals surface area contributed by atoms with Crippen molar-refractivity contribution in [2.45, 2.75) is 122 Å². The number of aryl methyl sites for hydroxylation is 1. The summed E-state index contributed by atoms with van der Waals surface area (Å²) >= 11 is 6.61. The van der Waals surface area contributed by atoms with Gasteiger partial charge in [0.2, 0.25) is 5.95 Å². The van der Waals surface area contributed by atoms with Crippen LogP contribution in [0.4, 0.5) is 15.5 Å². The lowest BCUT2D eigenvalue weighted by Gasteiger charge is -2.36. The molecule has 0 radical (unpaired) electrons. The number of rotatable bonds is 16. The van der Waals surface area contributed by atoms with Gasteiger partial charge in [0, 0.05) is 43.5 Å². The number of alkyl carbamates (subject to hydrolysis) is 1. The fourth-order valence-electron chi connectivity index (χ4n) is 6.51. The monoisotopic (exact) mass is 707 g/mol. The maximum atomic E-state index is 13.5.